The van der Waals surface area contributed by atoms with Crippen molar-refractivity contribution in [2.24, 2.45) is 5.41 Å². The molecule has 0 amide bonds. The highest BCUT2D eigenvalue weighted by Gasteiger charge is 2.42. The van der Waals surface area contributed by atoms with Crippen LogP contribution >= 0.6 is 0 Å². The second kappa shape index (κ2) is 5.03. The fourth-order valence-electron chi connectivity index (χ4n) is 1.78. The summed E-state index contributed by atoms with van der Waals surface area (Å²) in [6.07, 6.45) is 0.0326. The van der Waals surface area contributed by atoms with E-state index < -0.39 is 17.2 Å². The van der Waals surface area contributed by atoms with E-state index in [9.17, 15) is 4.79 Å². The highest BCUT2D eigenvalue weighted by Crippen LogP contribution is 2.32. The van der Waals surface area contributed by atoms with E-state index >= 15 is 0 Å². The molecule has 96 valence electrons. The molecule has 0 radical (unpaired) electrons. The van der Waals surface area contributed by atoms with Gasteiger partial charge in [0.1, 0.15) is 0 Å². The molecule has 5 heteroatoms. The predicted octanol–water partition coefficient (Wildman–Crippen LogP) is 1.62. The molecule has 1 aliphatic rings. The number of carbonyl (C=O) groups is 1. The van der Waals surface area contributed by atoms with E-state index in [2.05, 4.69) is 0 Å². The summed E-state index contributed by atoms with van der Waals surface area (Å²) in [4.78, 5) is 11.7. The quantitative estimate of drug-likeness (QED) is 0.699. The van der Waals surface area contributed by atoms with Crippen molar-refractivity contribution in [2.75, 3.05) is 13.2 Å². The maximum absolute atomic E-state index is 11.7. The first-order valence-corrected chi connectivity index (χ1v) is 5.73. The topological polar surface area (TPSA) is 68.6 Å². The summed E-state index contributed by atoms with van der Waals surface area (Å²) >= 11 is 0. The summed E-state index contributed by atoms with van der Waals surface area (Å²) in [7, 11) is 0. The molecule has 0 spiro atoms. The molecule has 0 aromatic rings. The van der Waals surface area contributed by atoms with Crippen LogP contribution in [0.3, 0.4) is 0 Å². The predicted molar refractivity (Wildman–Crippen MR) is 59.9 cm³/mol. The second-order valence-corrected chi connectivity index (χ2v) is 4.82. The first-order valence-electron chi connectivity index (χ1n) is 5.73. The molecule has 2 atom stereocenters. The fraction of sp³-hybridized carbons (Fsp3) is 0.833. The minimum absolute atomic E-state index is 0.251. The fourth-order valence-corrected chi connectivity index (χ4v) is 1.78. The van der Waals surface area contributed by atoms with Crippen LogP contribution in [-0.4, -0.2) is 31.1 Å². The van der Waals surface area contributed by atoms with Crippen molar-refractivity contribution >= 4 is 5.97 Å². The maximum Gasteiger partial charge on any atom is 0.326 e. The third-order valence-corrected chi connectivity index (χ3v) is 2.68. The van der Waals surface area contributed by atoms with Crippen LogP contribution in [-0.2, 0) is 19.0 Å². The number of nitriles is 1. The minimum Gasteiger partial charge on any atom is -0.465 e. The van der Waals surface area contributed by atoms with Gasteiger partial charge in [-0.3, -0.25) is 4.79 Å². The van der Waals surface area contributed by atoms with Gasteiger partial charge in [0.05, 0.1) is 25.4 Å². The lowest BCUT2D eigenvalue weighted by Gasteiger charge is -2.23. The van der Waals surface area contributed by atoms with Gasteiger partial charge in [-0.25, -0.2) is 0 Å². The van der Waals surface area contributed by atoms with Crippen LogP contribution in [0.1, 0.15) is 34.1 Å². The summed E-state index contributed by atoms with van der Waals surface area (Å²) in [6.45, 7) is 7.56. The summed E-state index contributed by atoms with van der Waals surface area (Å²) < 4.78 is 15.9. The summed E-state index contributed by atoms with van der Waals surface area (Å²) in [5.74, 6) is -1.15. The number of esters is 1. The third-order valence-electron chi connectivity index (χ3n) is 2.68. The van der Waals surface area contributed by atoms with Crippen molar-refractivity contribution in [2.45, 2.75) is 46.0 Å². The van der Waals surface area contributed by atoms with Crippen LogP contribution in [0, 0.1) is 16.7 Å². The molecule has 1 aliphatic heterocycles. The molecule has 0 N–H and O–H groups in total. The van der Waals surface area contributed by atoms with Crippen molar-refractivity contribution in [3.8, 4) is 6.07 Å². The molecule has 0 aromatic carbocycles. The Kier molecular flexibility index (Phi) is 4.12. The minimum atomic E-state index is -1.18. The van der Waals surface area contributed by atoms with Gasteiger partial charge in [-0.1, -0.05) is 0 Å². The zero-order chi connectivity index (χ0) is 13.1. The van der Waals surface area contributed by atoms with Crippen LogP contribution in [0.15, 0.2) is 0 Å². The van der Waals surface area contributed by atoms with Crippen molar-refractivity contribution in [3.05, 3.63) is 0 Å². The highest BCUT2D eigenvalue weighted by atomic mass is 16.7. The van der Waals surface area contributed by atoms with E-state index in [1.807, 2.05) is 6.07 Å². The average molecular weight is 241 g/mol. The number of nitrogens with zero attached hydrogens (tertiary/aromatic N) is 1. The van der Waals surface area contributed by atoms with E-state index in [0.29, 0.717) is 6.61 Å². The van der Waals surface area contributed by atoms with E-state index in [-0.39, 0.29) is 19.1 Å². The Hall–Kier alpha value is -1.12. The van der Waals surface area contributed by atoms with Gasteiger partial charge in [-0.05, 0) is 27.7 Å². The van der Waals surface area contributed by atoms with E-state index in [4.69, 9.17) is 19.5 Å². The monoisotopic (exact) mass is 241 g/mol. The van der Waals surface area contributed by atoms with Crippen LogP contribution < -0.4 is 0 Å². The largest absolute Gasteiger partial charge is 0.465 e. The average Bonchev–Trinajstić information content (AvgIpc) is 2.58. The number of carbonyl (C=O) groups excluding carboxylic acids is 1. The van der Waals surface area contributed by atoms with E-state index in [1.165, 1.54) is 0 Å². The van der Waals surface area contributed by atoms with E-state index in [0.717, 1.165) is 0 Å². The van der Waals surface area contributed by atoms with Gasteiger partial charge >= 0.3 is 5.97 Å². The lowest BCUT2D eigenvalue weighted by Crippen LogP contribution is -2.34. The van der Waals surface area contributed by atoms with Gasteiger partial charge in [-0.15, -0.1) is 0 Å². The first-order chi connectivity index (χ1) is 7.83. The van der Waals surface area contributed by atoms with Crippen molar-refractivity contribution in [1.29, 1.82) is 5.26 Å². The Morgan fingerprint density at radius 2 is 2.29 bits per heavy atom. The third kappa shape index (κ3) is 3.42. The van der Waals surface area contributed by atoms with Gasteiger partial charge in [0.15, 0.2) is 11.2 Å². The van der Waals surface area contributed by atoms with E-state index in [1.54, 1.807) is 27.7 Å². The Morgan fingerprint density at radius 1 is 1.65 bits per heavy atom. The molecule has 0 aromatic heterocycles. The molecule has 0 bridgehead atoms. The van der Waals surface area contributed by atoms with Gasteiger partial charge in [-0.2, -0.15) is 5.26 Å². The summed E-state index contributed by atoms with van der Waals surface area (Å²) in [6, 6.07) is 2.01. The van der Waals surface area contributed by atoms with Gasteiger partial charge < -0.3 is 14.2 Å². The highest BCUT2D eigenvalue weighted by molar-refractivity contribution is 5.79. The lowest BCUT2D eigenvalue weighted by molar-refractivity contribution is -0.157. The molecule has 1 unspecified atom stereocenters. The van der Waals surface area contributed by atoms with Gasteiger partial charge in [0.25, 0.3) is 0 Å². The number of hydrogen-bond donors (Lipinski definition) is 0. The van der Waals surface area contributed by atoms with Crippen molar-refractivity contribution in [1.82, 2.24) is 0 Å². The molecule has 5 nitrogen and oxygen atoms in total. The van der Waals surface area contributed by atoms with Crippen LogP contribution in [0.4, 0.5) is 0 Å². The molecular weight excluding hydrogens is 222 g/mol. The number of hydrogen-bond acceptors (Lipinski definition) is 5. The van der Waals surface area contributed by atoms with Gasteiger partial charge in [0.2, 0.25) is 0 Å². The van der Waals surface area contributed by atoms with Crippen molar-refractivity contribution < 1.29 is 19.0 Å². The molecule has 1 rings (SSSR count). The number of ether oxygens (including phenoxy) is 3. The zero-order valence-electron chi connectivity index (χ0n) is 10.8. The lowest BCUT2D eigenvalue weighted by atomic mass is 9.86. The van der Waals surface area contributed by atoms with Gasteiger partial charge in [0, 0.05) is 6.42 Å². The molecule has 17 heavy (non-hydrogen) atoms. The summed E-state index contributed by atoms with van der Waals surface area (Å²) in [5, 5.41) is 9.13. The van der Waals surface area contributed by atoms with Crippen LogP contribution in [0.5, 0.6) is 0 Å². The molecule has 1 heterocycles. The Labute approximate surface area is 102 Å². The standard InChI is InChI=1S/C12H19NO4/c1-5-15-10(14)12(4,8-13)6-9-7-16-11(2,3)17-9/h9H,5-7H2,1-4H3/t9-,12?/m0/s1. The van der Waals surface area contributed by atoms with Crippen molar-refractivity contribution in [3.63, 3.8) is 0 Å². The maximum atomic E-state index is 11.7. The summed E-state index contributed by atoms with van der Waals surface area (Å²) in [5.41, 5.74) is -1.18. The Bertz CT molecular complexity index is 334. The SMILES string of the molecule is CCOC(=O)C(C)(C#N)C[C@H]1COC(C)(C)O1. The Balaban J connectivity index is 2.65. The molecular formula is C12H19NO4. The molecule has 0 saturated carbocycles. The Morgan fingerprint density at radius 3 is 2.71 bits per heavy atom. The first kappa shape index (κ1) is 13.9. The molecule has 1 fully saturated rings. The molecule has 0 aliphatic carbocycles. The zero-order valence-corrected chi connectivity index (χ0v) is 10.8. The molecule has 1 saturated heterocycles. The number of rotatable bonds is 4. The second-order valence-electron chi connectivity index (χ2n) is 4.82. The van der Waals surface area contributed by atoms with Crippen LogP contribution in [0.25, 0.3) is 0 Å². The van der Waals surface area contributed by atoms with Crippen LogP contribution in [0.2, 0.25) is 0 Å². The normalized spacial score (nSPS) is 25.9. The smallest absolute Gasteiger partial charge is 0.326 e.